The van der Waals surface area contributed by atoms with Crippen LogP contribution in [0.2, 0.25) is 0 Å². The number of nitrogens with zero attached hydrogens (tertiary/aromatic N) is 2. The molecule has 0 bridgehead atoms. The molecule has 0 N–H and O–H groups in total. The lowest BCUT2D eigenvalue weighted by Gasteiger charge is -2.20. The number of hydrogen-bond acceptors (Lipinski definition) is 3. The molecule has 0 amide bonds. The lowest BCUT2D eigenvalue weighted by Crippen LogP contribution is -2.27. The van der Waals surface area contributed by atoms with Crippen LogP contribution in [0.5, 0.6) is 5.75 Å². The maximum Gasteiger partial charge on any atom is 0.159 e. The third-order valence-corrected chi connectivity index (χ3v) is 4.34. The summed E-state index contributed by atoms with van der Waals surface area (Å²) < 4.78 is 7.12. The van der Waals surface area contributed by atoms with Crippen molar-refractivity contribution in [3.05, 3.63) is 29.5 Å². The van der Waals surface area contributed by atoms with Crippen molar-refractivity contribution < 1.29 is 9.53 Å². The van der Waals surface area contributed by atoms with Crippen LogP contribution in [0.15, 0.2) is 23.8 Å². The molecule has 0 fully saturated rings. The Bertz CT molecular complexity index is 750. The minimum Gasteiger partial charge on any atom is -0.497 e. The lowest BCUT2D eigenvalue weighted by atomic mass is 9.85. The first kappa shape index (κ1) is 17.3. The molecule has 0 radical (unpaired) electrons. The van der Waals surface area contributed by atoms with Crippen molar-refractivity contribution in [3.8, 4) is 5.75 Å². The third kappa shape index (κ3) is 3.63. The number of benzene rings is 1. The molecule has 0 atom stereocenters. The number of ether oxygens (including phenoxy) is 1. The van der Waals surface area contributed by atoms with Crippen LogP contribution in [0.3, 0.4) is 0 Å². The normalized spacial score (nSPS) is 11.6. The molecule has 124 valence electrons. The molecule has 23 heavy (non-hydrogen) atoms. The predicted octanol–water partition coefficient (Wildman–Crippen LogP) is 4.47. The molecule has 0 aliphatic heterocycles. The van der Waals surface area contributed by atoms with Gasteiger partial charge in [0.15, 0.2) is 5.78 Å². The monoisotopic (exact) mass is 314 g/mol. The van der Waals surface area contributed by atoms with E-state index >= 15 is 0 Å². The number of allylic oxidation sites excluding steroid dienone is 1. The third-order valence-electron chi connectivity index (χ3n) is 4.34. The molecule has 0 aliphatic carbocycles. The van der Waals surface area contributed by atoms with Gasteiger partial charge < -0.3 is 4.74 Å². The van der Waals surface area contributed by atoms with Crippen LogP contribution in [0.25, 0.3) is 17.0 Å². The zero-order valence-electron chi connectivity index (χ0n) is 14.9. The summed E-state index contributed by atoms with van der Waals surface area (Å²) in [4.78, 5) is 12.6. The Morgan fingerprint density at radius 2 is 2.04 bits per heavy atom. The number of aromatic nitrogens is 2. The van der Waals surface area contributed by atoms with Gasteiger partial charge in [-0.2, -0.15) is 5.10 Å². The van der Waals surface area contributed by atoms with E-state index in [0.717, 1.165) is 28.8 Å². The molecule has 4 heteroatoms. The number of hydrogen-bond donors (Lipinski definition) is 0. The van der Waals surface area contributed by atoms with Gasteiger partial charge >= 0.3 is 0 Å². The lowest BCUT2D eigenvalue weighted by molar-refractivity contribution is -0.128. The minimum atomic E-state index is -0.339. The van der Waals surface area contributed by atoms with Crippen molar-refractivity contribution in [3.63, 3.8) is 0 Å². The maximum absolute atomic E-state index is 12.6. The number of ketones is 1. The van der Waals surface area contributed by atoms with E-state index < -0.39 is 0 Å². The Morgan fingerprint density at radius 1 is 1.35 bits per heavy atom. The van der Waals surface area contributed by atoms with Crippen LogP contribution in [0, 0.1) is 5.41 Å². The molecule has 0 unspecified atom stereocenters. The number of fused-ring (bicyclic) bond motifs is 1. The Balaban J connectivity index is 2.54. The van der Waals surface area contributed by atoms with E-state index in [4.69, 9.17) is 4.74 Å². The van der Waals surface area contributed by atoms with Gasteiger partial charge in [-0.1, -0.05) is 26.3 Å². The molecule has 1 heterocycles. The van der Waals surface area contributed by atoms with Crippen LogP contribution >= 0.6 is 0 Å². The number of rotatable bonds is 6. The largest absolute Gasteiger partial charge is 0.497 e. The molecule has 1 aromatic heterocycles. The maximum atomic E-state index is 12.6. The van der Waals surface area contributed by atoms with Crippen molar-refractivity contribution in [2.75, 3.05) is 7.11 Å². The van der Waals surface area contributed by atoms with Gasteiger partial charge in [-0.3, -0.25) is 9.48 Å². The van der Waals surface area contributed by atoms with Crippen LogP contribution in [0.4, 0.5) is 0 Å². The summed E-state index contributed by atoms with van der Waals surface area (Å²) in [5, 5.41) is 5.69. The molecule has 4 nitrogen and oxygen atoms in total. The summed E-state index contributed by atoms with van der Waals surface area (Å²) >= 11 is 0. The summed E-state index contributed by atoms with van der Waals surface area (Å²) in [5.41, 5.74) is 2.66. The zero-order valence-corrected chi connectivity index (χ0v) is 14.9. The van der Waals surface area contributed by atoms with Gasteiger partial charge in [-0.15, -0.1) is 0 Å². The summed E-state index contributed by atoms with van der Waals surface area (Å²) in [6.07, 6.45) is 2.86. The smallest absolute Gasteiger partial charge is 0.159 e. The Hall–Kier alpha value is -2.10. The highest BCUT2D eigenvalue weighted by atomic mass is 16.5. The number of carbonyl (C=O) groups excluding carboxylic acids is 1. The van der Waals surface area contributed by atoms with Gasteiger partial charge in [0, 0.05) is 16.9 Å². The van der Waals surface area contributed by atoms with E-state index in [1.54, 1.807) is 11.8 Å². The summed E-state index contributed by atoms with van der Waals surface area (Å²) in [5.74, 6) is 0.959. The van der Waals surface area contributed by atoms with Gasteiger partial charge in [0.05, 0.1) is 18.3 Å². The van der Waals surface area contributed by atoms with Crippen LogP contribution in [-0.4, -0.2) is 22.7 Å². The first-order valence-electron chi connectivity index (χ1n) is 8.01. The molecule has 2 rings (SSSR count). The van der Waals surface area contributed by atoms with Crippen molar-refractivity contribution in [1.82, 2.24) is 9.78 Å². The molecular weight excluding hydrogens is 288 g/mol. The second-order valence-corrected chi connectivity index (χ2v) is 6.81. The molecule has 0 aliphatic rings. The van der Waals surface area contributed by atoms with Crippen LogP contribution in [-0.2, 0) is 11.3 Å². The molecule has 0 saturated carbocycles. The highest BCUT2D eigenvalue weighted by Crippen LogP contribution is 2.27. The molecule has 1 aromatic carbocycles. The molecule has 0 spiro atoms. The predicted molar refractivity (Wildman–Crippen MR) is 94.7 cm³/mol. The van der Waals surface area contributed by atoms with E-state index in [-0.39, 0.29) is 17.7 Å². The Morgan fingerprint density at radius 3 is 2.61 bits per heavy atom. The number of methoxy groups -OCH3 is 1. The first-order valence-corrected chi connectivity index (χ1v) is 8.01. The number of carbonyl (C=O) groups is 1. The average Bonchev–Trinajstić information content (AvgIpc) is 2.83. The molecule has 0 saturated heterocycles. The Labute approximate surface area is 138 Å². The second kappa shape index (κ2) is 6.57. The molecular formula is C19H26N2O2. The van der Waals surface area contributed by atoms with Crippen molar-refractivity contribution in [2.45, 2.75) is 47.6 Å². The summed E-state index contributed by atoms with van der Waals surface area (Å²) in [6, 6.07) is 5.87. The first-order chi connectivity index (χ1) is 10.8. The van der Waals surface area contributed by atoms with Gasteiger partial charge in [0.25, 0.3) is 0 Å². The zero-order chi connectivity index (χ0) is 17.2. The van der Waals surface area contributed by atoms with Gasteiger partial charge in [0.1, 0.15) is 12.3 Å². The highest BCUT2D eigenvalue weighted by Gasteiger charge is 2.26. The topological polar surface area (TPSA) is 44.1 Å². The second-order valence-electron chi connectivity index (χ2n) is 6.81. The summed E-state index contributed by atoms with van der Waals surface area (Å²) in [6.45, 7) is 10.4. The van der Waals surface area contributed by atoms with E-state index in [9.17, 15) is 4.79 Å². The SMILES string of the molecule is CCC(C)(C)C(=O)Cn1nc(C=C(C)C)c2ccc(OC)cc21. The van der Waals surface area contributed by atoms with Gasteiger partial charge in [-0.05, 0) is 38.5 Å². The van der Waals surface area contributed by atoms with Crippen molar-refractivity contribution in [2.24, 2.45) is 5.41 Å². The van der Waals surface area contributed by atoms with E-state index in [0.29, 0.717) is 0 Å². The fourth-order valence-electron chi connectivity index (χ4n) is 2.35. The van der Waals surface area contributed by atoms with E-state index in [1.807, 2.05) is 58.9 Å². The standard InChI is InChI=1S/C19H26N2O2/c1-7-19(4,5)18(22)12-21-17-11-14(23-6)8-9-15(17)16(20-21)10-13(2)3/h8-11H,7,12H2,1-6H3. The van der Waals surface area contributed by atoms with Gasteiger partial charge in [-0.25, -0.2) is 0 Å². The fourth-order valence-corrected chi connectivity index (χ4v) is 2.35. The fraction of sp³-hybridized carbons (Fsp3) is 0.474. The van der Waals surface area contributed by atoms with E-state index in [2.05, 4.69) is 5.10 Å². The van der Waals surface area contributed by atoms with Crippen molar-refractivity contribution in [1.29, 1.82) is 0 Å². The van der Waals surface area contributed by atoms with Crippen LogP contribution in [0.1, 0.15) is 46.7 Å². The minimum absolute atomic E-state index is 0.191. The van der Waals surface area contributed by atoms with E-state index in [1.165, 1.54) is 5.57 Å². The average molecular weight is 314 g/mol. The van der Waals surface area contributed by atoms with Gasteiger partial charge in [0.2, 0.25) is 0 Å². The quantitative estimate of drug-likeness (QED) is 0.790. The highest BCUT2D eigenvalue weighted by molar-refractivity contribution is 5.91. The molecule has 2 aromatic rings. The summed E-state index contributed by atoms with van der Waals surface area (Å²) in [7, 11) is 1.64. The van der Waals surface area contributed by atoms with Crippen LogP contribution < -0.4 is 4.74 Å². The Kier molecular flexibility index (Phi) is 4.93. The number of Topliss-reactive ketones (excluding diaryl/α,β-unsaturated/α-hetero) is 1. The van der Waals surface area contributed by atoms with Crippen molar-refractivity contribution >= 4 is 22.8 Å².